The van der Waals surface area contributed by atoms with E-state index in [4.69, 9.17) is 0 Å². The lowest BCUT2D eigenvalue weighted by atomic mass is 10.1. The summed E-state index contributed by atoms with van der Waals surface area (Å²) >= 11 is 0. The molecule has 5 rings (SSSR count). The minimum atomic E-state index is -3.71. The Kier molecular flexibility index (Phi) is 8.07. The van der Waals surface area contributed by atoms with Gasteiger partial charge in [-0.25, -0.2) is 17.8 Å². The van der Waals surface area contributed by atoms with Crippen LogP contribution in [0.25, 0.3) is 16.6 Å². The fourth-order valence-corrected chi connectivity index (χ4v) is 7.29. The first-order valence-corrected chi connectivity index (χ1v) is 15.4. The molecule has 1 aliphatic rings. The molecular formula is C31H36N6O4S. The summed E-state index contributed by atoms with van der Waals surface area (Å²) in [4.78, 5) is 25.1. The van der Waals surface area contributed by atoms with Gasteiger partial charge in [-0.3, -0.25) is 9.59 Å². The van der Waals surface area contributed by atoms with Gasteiger partial charge in [-0.2, -0.15) is 5.10 Å². The van der Waals surface area contributed by atoms with E-state index in [9.17, 15) is 18.0 Å². The summed E-state index contributed by atoms with van der Waals surface area (Å²) in [5, 5.41) is 14.4. The van der Waals surface area contributed by atoms with Crippen molar-refractivity contribution in [1.29, 1.82) is 0 Å². The minimum Gasteiger partial charge on any atom is -0.383 e. The highest BCUT2D eigenvalue weighted by molar-refractivity contribution is 7.89. The maximum absolute atomic E-state index is 13.2. The van der Waals surface area contributed by atoms with Crippen LogP contribution in [0, 0.1) is 27.7 Å². The summed E-state index contributed by atoms with van der Waals surface area (Å²) in [5.41, 5.74) is 6.26. The van der Waals surface area contributed by atoms with Crippen molar-refractivity contribution in [3.05, 3.63) is 82.5 Å². The molecule has 220 valence electrons. The summed E-state index contributed by atoms with van der Waals surface area (Å²) in [5.74, 6) is -0.489. The van der Waals surface area contributed by atoms with Gasteiger partial charge in [0.25, 0.3) is 5.91 Å². The first-order valence-electron chi connectivity index (χ1n) is 13.9. The van der Waals surface area contributed by atoms with E-state index >= 15 is 0 Å². The number of nitrogens with one attached hydrogen (secondary N) is 4. The standard InChI is InChI=1S/C31H36N6O4S/c1-18-11-20(3)29(21(4)12-18)42(40,41)36-22(5)16-33-27-13-19(2)14-28-25(27)17-34-37(28)24-8-6-7-23(15-24)30(38)35-26-9-10-32-31(26)39/h6-8,11-15,17,22,26,33,36H,9-10,16H2,1-5H3,(H,32,39)(H,35,38)/t22-,26?/m0/s1. The van der Waals surface area contributed by atoms with Crippen LogP contribution < -0.4 is 20.7 Å². The molecule has 0 radical (unpaired) electrons. The molecule has 3 aromatic carbocycles. The molecule has 1 aromatic heterocycles. The number of aryl methyl sites for hydroxylation is 4. The summed E-state index contributed by atoms with van der Waals surface area (Å²) < 4.78 is 31.0. The molecule has 1 fully saturated rings. The number of rotatable bonds is 9. The molecule has 0 spiro atoms. The van der Waals surface area contributed by atoms with Gasteiger partial charge in [-0.15, -0.1) is 0 Å². The van der Waals surface area contributed by atoms with Crippen LogP contribution in [0.5, 0.6) is 0 Å². The molecule has 42 heavy (non-hydrogen) atoms. The highest BCUT2D eigenvalue weighted by Gasteiger charge is 2.26. The van der Waals surface area contributed by atoms with Crippen LogP contribution in [0.15, 0.2) is 59.6 Å². The first kappa shape index (κ1) is 29.3. The van der Waals surface area contributed by atoms with Crippen LogP contribution in [-0.4, -0.2) is 55.2 Å². The number of hydrogen-bond donors (Lipinski definition) is 4. The molecule has 2 amide bonds. The number of carbonyl (C=O) groups is 2. The zero-order valence-corrected chi connectivity index (χ0v) is 25.2. The second-order valence-electron chi connectivity index (χ2n) is 11.1. The highest BCUT2D eigenvalue weighted by Crippen LogP contribution is 2.28. The fraction of sp³-hybridized carbons (Fsp3) is 0.323. The second kappa shape index (κ2) is 11.6. The Hall–Kier alpha value is -4.22. The lowest BCUT2D eigenvalue weighted by Gasteiger charge is -2.19. The number of amides is 2. The summed E-state index contributed by atoms with van der Waals surface area (Å²) in [6.45, 7) is 10.3. The monoisotopic (exact) mass is 588 g/mol. The Morgan fingerprint density at radius 2 is 1.79 bits per heavy atom. The molecular weight excluding hydrogens is 552 g/mol. The number of carbonyl (C=O) groups excluding carboxylic acids is 2. The molecule has 1 saturated heterocycles. The molecule has 0 saturated carbocycles. The van der Waals surface area contributed by atoms with Gasteiger partial charge in [0, 0.05) is 35.8 Å². The Balaban J connectivity index is 1.34. The van der Waals surface area contributed by atoms with Crippen molar-refractivity contribution >= 4 is 38.4 Å². The van der Waals surface area contributed by atoms with Gasteiger partial charge in [0.05, 0.1) is 22.3 Å². The molecule has 4 N–H and O–H groups in total. The van der Waals surface area contributed by atoms with Crippen molar-refractivity contribution in [3.8, 4) is 5.69 Å². The number of anilines is 1. The molecule has 0 bridgehead atoms. The fourth-order valence-electron chi connectivity index (χ4n) is 5.59. The molecule has 2 atom stereocenters. The van der Waals surface area contributed by atoms with Crippen molar-refractivity contribution < 1.29 is 18.0 Å². The summed E-state index contributed by atoms with van der Waals surface area (Å²) in [6.07, 6.45) is 2.31. The predicted molar refractivity (Wildman–Crippen MR) is 164 cm³/mol. The van der Waals surface area contributed by atoms with Crippen molar-refractivity contribution in [2.75, 3.05) is 18.4 Å². The number of nitrogens with zero attached hydrogens (tertiary/aromatic N) is 2. The Morgan fingerprint density at radius 1 is 1.07 bits per heavy atom. The van der Waals surface area contributed by atoms with E-state index in [2.05, 4.69) is 25.8 Å². The largest absolute Gasteiger partial charge is 0.383 e. The topological polar surface area (TPSA) is 134 Å². The Labute approximate surface area is 245 Å². The lowest BCUT2D eigenvalue weighted by molar-refractivity contribution is -0.120. The average Bonchev–Trinajstić information content (AvgIpc) is 3.52. The summed E-state index contributed by atoms with van der Waals surface area (Å²) in [7, 11) is -3.71. The van der Waals surface area contributed by atoms with Crippen LogP contribution in [0.4, 0.5) is 5.69 Å². The first-order chi connectivity index (χ1) is 19.9. The van der Waals surface area contributed by atoms with Crippen LogP contribution >= 0.6 is 0 Å². The van der Waals surface area contributed by atoms with Crippen molar-refractivity contribution in [3.63, 3.8) is 0 Å². The zero-order valence-electron chi connectivity index (χ0n) is 24.4. The van der Waals surface area contributed by atoms with E-state index in [1.807, 2.05) is 65.0 Å². The van der Waals surface area contributed by atoms with Crippen molar-refractivity contribution in [2.24, 2.45) is 0 Å². The number of hydrogen-bond acceptors (Lipinski definition) is 6. The van der Waals surface area contributed by atoms with E-state index in [0.29, 0.717) is 35.7 Å². The summed E-state index contributed by atoms with van der Waals surface area (Å²) in [6, 6.07) is 14.0. The van der Waals surface area contributed by atoms with Gasteiger partial charge in [0.2, 0.25) is 15.9 Å². The van der Waals surface area contributed by atoms with Gasteiger partial charge >= 0.3 is 0 Å². The molecule has 2 heterocycles. The van der Waals surface area contributed by atoms with E-state index in [1.165, 1.54) is 0 Å². The van der Waals surface area contributed by atoms with Crippen LogP contribution in [0.3, 0.4) is 0 Å². The smallest absolute Gasteiger partial charge is 0.252 e. The van der Waals surface area contributed by atoms with Gasteiger partial charge in [-0.1, -0.05) is 23.8 Å². The van der Waals surface area contributed by atoms with Crippen LogP contribution in [-0.2, 0) is 14.8 Å². The second-order valence-corrected chi connectivity index (χ2v) is 12.7. The Morgan fingerprint density at radius 3 is 2.48 bits per heavy atom. The lowest BCUT2D eigenvalue weighted by Crippen LogP contribution is -2.40. The van der Waals surface area contributed by atoms with E-state index in [1.54, 1.807) is 29.1 Å². The Bertz CT molecular complexity index is 1770. The minimum absolute atomic E-state index is 0.171. The van der Waals surface area contributed by atoms with E-state index in [0.717, 1.165) is 38.8 Å². The van der Waals surface area contributed by atoms with E-state index < -0.39 is 22.1 Å². The number of sulfonamides is 1. The highest BCUT2D eigenvalue weighted by atomic mass is 32.2. The average molecular weight is 589 g/mol. The molecule has 4 aromatic rings. The molecule has 10 nitrogen and oxygen atoms in total. The van der Waals surface area contributed by atoms with Gasteiger partial charge in [0.1, 0.15) is 6.04 Å². The van der Waals surface area contributed by atoms with Gasteiger partial charge in [0.15, 0.2) is 0 Å². The van der Waals surface area contributed by atoms with E-state index in [-0.39, 0.29) is 11.8 Å². The van der Waals surface area contributed by atoms with Gasteiger partial charge in [-0.05, 0) is 88.1 Å². The molecule has 11 heteroatoms. The third kappa shape index (κ3) is 6.02. The molecule has 0 aliphatic carbocycles. The van der Waals surface area contributed by atoms with Crippen molar-refractivity contribution in [1.82, 2.24) is 25.1 Å². The van der Waals surface area contributed by atoms with Crippen LogP contribution in [0.2, 0.25) is 0 Å². The predicted octanol–water partition coefficient (Wildman–Crippen LogP) is 3.66. The molecule has 1 aliphatic heterocycles. The SMILES string of the molecule is Cc1cc(C)c(S(=O)(=O)N[C@@H](C)CNc2cc(C)cc3c2cnn3-c2cccc(C(=O)NC3CCNC3=O)c2)c(C)c1. The van der Waals surface area contributed by atoms with Crippen LogP contribution in [0.1, 0.15) is 46.0 Å². The normalized spacial score (nSPS) is 15.9. The van der Waals surface area contributed by atoms with Crippen molar-refractivity contribution in [2.45, 2.75) is 58.0 Å². The maximum atomic E-state index is 13.2. The third-order valence-electron chi connectivity index (χ3n) is 7.37. The number of aromatic nitrogens is 2. The zero-order chi connectivity index (χ0) is 30.2. The number of fused-ring (bicyclic) bond motifs is 1. The quantitative estimate of drug-likeness (QED) is 0.236. The van der Waals surface area contributed by atoms with Gasteiger partial charge < -0.3 is 16.0 Å². The third-order valence-corrected chi connectivity index (χ3v) is 9.26. The maximum Gasteiger partial charge on any atom is 0.252 e. The number of benzene rings is 3. The molecule has 1 unspecified atom stereocenters.